The first-order valence-corrected chi connectivity index (χ1v) is 10.6. The summed E-state index contributed by atoms with van der Waals surface area (Å²) in [6.07, 6.45) is 0.532. The highest BCUT2D eigenvalue weighted by Crippen LogP contribution is 2.24. The van der Waals surface area contributed by atoms with Crippen LogP contribution in [0.2, 0.25) is 10.0 Å². The molecule has 0 spiro atoms. The van der Waals surface area contributed by atoms with Gasteiger partial charge in [-0.2, -0.15) is 0 Å². The maximum Gasteiger partial charge on any atom is 0.269 e. The van der Waals surface area contributed by atoms with E-state index in [1.54, 1.807) is 0 Å². The van der Waals surface area contributed by atoms with Gasteiger partial charge in [0.1, 0.15) is 0 Å². The number of halogens is 2. The molecule has 0 aliphatic rings. The second kappa shape index (κ2) is 9.58. The van der Waals surface area contributed by atoms with Crippen LogP contribution in [0.4, 0.5) is 5.13 Å². The summed E-state index contributed by atoms with van der Waals surface area (Å²) in [6, 6.07) is 4.41. The van der Waals surface area contributed by atoms with Gasteiger partial charge in [0.2, 0.25) is 9.47 Å². The van der Waals surface area contributed by atoms with Crippen LogP contribution in [0.3, 0.4) is 0 Å². The lowest BCUT2D eigenvalue weighted by Gasteiger charge is -2.04. The number of amides is 1. The largest absolute Gasteiger partial charge is 0.382 e. The van der Waals surface area contributed by atoms with Crippen molar-refractivity contribution in [1.82, 2.24) is 14.9 Å². The molecule has 8 nitrogen and oxygen atoms in total. The summed E-state index contributed by atoms with van der Waals surface area (Å²) in [4.78, 5) is 12.2. The third-order valence-electron chi connectivity index (χ3n) is 2.99. The van der Waals surface area contributed by atoms with Crippen molar-refractivity contribution in [2.75, 3.05) is 25.1 Å². The molecule has 2 rings (SSSR count). The lowest BCUT2D eigenvalue weighted by molar-refractivity contribution is 0.102. The number of nitrogens with zero attached hydrogens (tertiary/aromatic N) is 2. The number of hydrogen-bond acceptors (Lipinski definition) is 7. The number of carbonyl (C=O) groups is 1. The van der Waals surface area contributed by atoms with Crippen molar-refractivity contribution < 1.29 is 17.9 Å². The quantitative estimate of drug-likeness (QED) is 0.459. The Labute approximate surface area is 164 Å². The van der Waals surface area contributed by atoms with Crippen molar-refractivity contribution in [2.45, 2.75) is 17.7 Å². The highest BCUT2D eigenvalue weighted by Gasteiger charge is 2.21. The van der Waals surface area contributed by atoms with E-state index in [0.29, 0.717) is 24.7 Å². The number of hydrogen-bond donors (Lipinski definition) is 2. The van der Waals surface area contributed by atoms with E-state index in [9.17, 15) is 13.2 Å². The Morgan fingerprint density at radius 3 is 2.77 bits per heavy atom. The molecule has 1 amide bonds. The summed E-state index contributed by atoms with van der Waals surface area (Å²) in [5.74, 6) is -0.545. The van der Waals surface area contributed by atoms with Gasteiger partial charge in [-0.1, -0.05) is 34.5 Å². The van der Waals surface area contributed by atoms with E-state index in [2.05, 4.69) is 20.2 Å². The van der Waals surface area contributed by atoms with Crippen LogP contribution in [-0.4, -0.2) is 44.3 Å². The van der Waals surface area contributed by atoms with Crippen molar-refractivity contribution in [3.63, 3.8) is 0 Å². The first-order chi connectivity index (χ1) is 12.3. The minimum Gasteiger partial charge on any atom is -0.382 e. The normalized spacial score (nSPS) is 11.5. The van der Waals surface area contributed by atoms with E-state index < -0.39 is 15.9 Å². The Morgan fingerprint density at radius 1 is 1.31 bits per heavy atom. The highest BCUT2D eigenvalue weighted by atomic mass is 35.5. The first-order valence-electron chi connectivity index (χ1n) is 7.51. The molecule has 2 aromatic rings. The minimum absolute atomic E-state index is 0.0377. The van der Waals surface area contributed by atoms with Gasteiger partial charge in [0.25, 0.3) is 15.9 Å². The average Bonchev–Trinajstić information content (AvgIpc) is 3.04. The first kappa shape index (κ1) is 21.0. The van der Waals surface area contributed by atoms with Crippen LogP contribution in [0, 0.1) is 0 Å². The van der Waals surface area contributed by atoms with E-state index in [-0.39, 0.29) is 26.6 Å². The Morgan fingerprint density at radius 2 is 2.08 bits per heavy atom. The number of aromatic nitrogens is 2. The number of anilines is 1. The predicted octanol–water partition coefficient (Wildman–Crippen LogP) is 2.80. The van der Waals surface area contributed by atoms with Gasteiger partial charge in [0.15, 0.2) is 0 Å². The van der Waals surface area contributed by atoms with Gasteiger partial charge in [-0.3, -0.25) is 10.1 Å². The highest BCUT2D eigenvalue weighted by molar-refractivity contribution is 7.91. The molecule has 0 fully saturated rings. The Bertz CT molecular complexity index is 874. The maximum absolute atomic E-state index is 12.2. The van der Waals surface area contributed by atoms with Crippen LogP contribution in [0.25, 0.3) is 0 Å². The SMILES string of the molecule is CCOCCCNS(=O)(=O)c1nnc(NC(=O)c2ccc(Cl)cc2Cl)s1. The minimum atomic E-state index is -3.80. The zero-order valence-corrected chi connectivity index (χ0v) is 16.8. The molecule has 0 bridgehead atoms. The molecule has 12 heteroatoms. The van der Waals surface area contributed by atoms with Gasteiger partial charge in [0.05, 0.1) is 10.6 Å². The Hall–Kier alpha value is -1.30. The van der Waals surface area contributed by atoms with E-state index in [1.165, 1.54) is 18.2 Å². The Kier molecular flexibility index (Phi) is 7.74. The summed E-state index contributed by atoms with van der Waals surface area (Å²) >= 11 is 12.5. The molecule has 0 radical (unpaired) electrons. The van der Waals surface area contributed by atoms with Crippen molar-refractivity contribution in [2.24, 2.45) is 0 Å². The van der Waals surface area contributed by atoms with Gasteiger partial charge in [-0.15, -0.1) is 10.2 Å². The molecule has 0 unspecified atom stereocenters. The number of carbonyl (C=O) groups excluding carboxylic acids is 1. The van der Waals surface area contributed by atoms with Crippen LogP contribution in [0.15, 0.2) is 22.5 Å². The molecule has 1 heterocycles. The number of nitrogens with one attached hydrogen (secondary N) is 2. The van der Waals surface area contributed by atoms with E-state index in [0.717, 1.165) is 11.3 Å². The zero-order valence-electron chi connectivity index (χ0n) is 13.7. The van der Waals surface area contributed by atoms with E-state index in [1.807, 2.05) is 6.92 Å². The van der Waals surface area contributed by atoms with Crippen LogP contribution in [-0.2, 0) is 14.8 Å². The number of benzene rings is 1. The Balaban J connectivity index is 1.99. The molecule has 0 atom stereocenters. The number of rotatable bonds is 9. The van der Waals surface area contributed by atoms with Crippen molar-refractivity contribution in [3.05, 3.63) is 33.8 Å². The fraction of sp³-hybridized carbons (Fsp3) is 0.357. The van der Waals surface area contributed by atoms with Gasteiger partial charge in [-0.05, 0) is 31.5 Å². The lowest BCUT2D eigenvalue weighted by atomic mass is 10.2. The lowest BCUT2D eigenvalue weighted by Crippen LogP contribution is -2.25. The topological polar surface area (TPSA) is 110 Å². The third-order valence-corrected chi connectivity index (χ3v) is 6.21. The van der Waals surface area contributed by atoms with Crippen LogP contribution < -0.4 is 10.0 Å². The molecular weight excluding hydrogens is 423 g/mol. The molecular formula is C14H16Cl2N4O4S2. The smallest absolute Gasteiger partial charge is 0.269 e. The summed E-state index contributed by atoms with van der Waals surface area (Å²) in [5, 5.41) is 10.3. The monoisotopic (exact) mass is 438 g/mol. The van der Waals surface area contributed by atoms with Gasteiger partial charge in [-0.25, -0.2) is 13.1 Å². The van der Waals surface area contributed by atoms with Crippen LogP contribution >= 0.6 is 34.5 Å². The molecule has 0 saturated heterocycles. The van der Waals surface area contributed by atoms with Crippen molar-refractivity contribution in [1.29, 1.82) is 0 Å². The van der Waals surface area contributed by atoms with E-state index in [4.69, 9.17) is 27.9 Å². The molecule has 0 aliphatic carbocycles. The molecule has 26 heavy (non-hydrogen) atoms. The molecule has 1 aromatic carbocycles. The van der Waals surface area contributed by atoms with Gasteiger partial charge >= 0.3 is 0 Å². The summed E-state index contributed by atoms with van der Waals surface area (Å²) in [6.45, 7) is 3.10. The second-order valence-corrected chi connectivity index (χ2v) is 8.66. The fourth-order valence-electron chi connectivity index (χ4n) is 1.79. The summed E-state index contributed by atoms with van der Waals surface area (Å²) in [5.41, 5.74) is 0.185. The molecule has 0 aliphatic heterocycles. The van der Waals surface area contributed by atoms with Crippen molar-refractivity contribution in [3.8, 4) is 0 Å². The standard InChI is InChI=1S/C14H16Cl2N4O4S2/c1-2-24-7-3-6-17-26(22,23)14-20-19-13(25-14)18-12(21)10-5-4-9(15)8-11(10)16/h4-5,8,17H,2-3,6-7H2,1H3,(H,18,19,21). The molecule has 2 N–H and O–H groups in total. The number of ether oxygens (including phenoxy) is 1. The van der Waals surface area contributed by atoms with Gasteiger partial charge < -0.3 is 4.74 Å². The zero-order chi connectivity index (χ0) is 19.2. The van der Waals surface area contributed by atoms with Crippen LogP contribution in [0.1, 0.15) is 23.7 Å². The van der Waals surface area contributed by atoms with Gasteiger partial charge in [0, 0.05) is 24.8 Å². The fourth-order valence-corrected chi connectivity index (χ4v) is 4.30. The molecule has 142 valence electrons. The second-order valence-electron chi connectivity index (χ2n) is 4.90. The molecule has 0 saturated carbocycles. The predicted molar refractivity (Wildman–Crippen MR) is 101 cm³/mol. The maximum atomic E-state index is 12.2. The summed E-state index contributed by atoms with van der Waals surface area (Å²) in [7, 11) is -3.80. The van der Waals surface area contributed by atoms with Crippen LogP contribution in [0.5, 0.6) is 0 Å². The summed E-state index contributed by atoms with van der Waals surface area (Å²) < 4.78 is 31.6. The van der Waals surface area contributed by atoms with E-state index >= 15 is 0 Å². The third kappa shape index (κ3) is 5.86. The van der Waals surface area contributed by atoms with Crippen molar-refractivity contribution >= 4 is 55.6 Å². The number of sulfonamides is 1. The average molecular weight is 439 g/mol. The molecule has 1 aromatic heterocycles.